The van der Waals surface area contributed by atoms with Crippen LogP contribution in [0.5, 0.6) is 0 Å². The van der Waals surface area contributed by atoms with Crippen molar-refractivity contribution < 1.29 is 9.63 Å². The van der Waals surface area contributed by atoms with Gasteiger partial charge in [-0.3, -0.25) is 4.79 Å². The van der Waals surface area contributed by atoms with Crippen LogP contribution in [-0.2, 0) is 9.63 Å². The number of carbonyl (C=O) groups excluding carboxylic acids is 1. The van der Waals surface area contributed by atoms with Gasteiger partial charge in [-0.25, -0.2) is 0 Å². The highest BCUT2D eigenvalue weighted by molar-refractivity contribution is 5.86. The molecule has 1 heterocycles. The molecule has 1 rings (SSSR count). The summed E-state index contributed by atoms with van der Waals surface area (Å²) < 4.78 is 0. The number of oxime groups is 1. The molecule has 0 N–H and O–H groups in total. The molecular weight excluding hydrogens is 156 g/mol. The summed E-state index contributed by atoms with van der Waals surface area (Å²) in [6, 6.07) is 0. The highest BCUT2D eigenvalue weighted by Gasteiger charge is 2.16. The largest absolute Gasteiger partial charge is 0.399 e. The lowest BCUT2D eigenvalue weighted by Crippen LogP contribution is -2.37. The van der Waals surface area contributed by atoms with Gasteiger partial charge in [0.1, 0.15) is 7.11 Å². The maximum atomic E-state index is 10.9. The topological polar surface area (TPSA) is 41.9 Å². The zero-order chi connectivity index (χ0) is 8.97. The molecule has 1 amide bonds. The van der Waals surface area contributed by atoms with Gasteiger partial charge in [-0.05, 0) is 0 Å². The minimum atomic E-state index is 0.145. The summed E-state index contributed by atoms with van der Waals surface area (Å²) in [7, 11) is 1.55. The Morgan fingerprint density at radius 1 is 1.50 bits per heavy atom. The van der Waals surface area contributed by atoms with E-state index >= 15 is 0 Å². The van der Waals surface area contributed by atoms with Crippen LogP contribution in [0.15, 0.2) is 5.16 Å². The summed E-state index contributed by atoms with van der Waals surface area (Å²) in [5, 5.41) is 3.86. The van der Waals surface area contributed by atoms with E-state index in [1.807, 2.05) is 4.90 Å². The molecule has 0 bridgehead atoms. The molecule has 0 unspecified atom stereocenters. The maximum absolute atomic E-state index is 10.9. The standard InChI is InChI=1S/C8H14N2O2/c1-7(11)10-5-3-8(4-6-10)9-12-2/h3-6H2,1-2H3. The average molecular weight is 170 g/mol. The van der Waals surface area contributed by atoms with Gasteiger partial charge in [-0.1, -0.05) is 5.16 Å². The van der Waals surface area contributed by atoms with Gasteiger partial charge >= 0.3 is 0 Å². The van der Waals surface area contributed by atoms with E-state index in [-0.39, 0.29) is 5.91 Å². The molecule has 0 aromatic heterocycles. The fraction of sp³-hybridized carbons (Fsp3) is 0.750. The highest BCUT2D eigenvalue weighted by atomic mass is 16.6. The van der Waals surface area contributed by atoms with Crippen molar-refractivity contribution in [3.63, 3.8) is 0 Å². The number of nitrogens with zero attached hydrogens (tertiary/aromatic N) is 2. The molecule has 1 fully saturated rings. The van der Waals surface area contributed by atoms with Gasteiger partial charge in [0.2, 0.25) is 5.91 Å². The van der Waals surface area contributed by atoms with Crippen molar-refractivity contribution in [3.05, 3.63) is 0 Å². The van der Waals surface area contributed by atoms with Crippen LogP contribution in [0.25, 0.3) is 0 Å². The molecule has 1 aliphatic heterocycles. The van der Waals surface area contributed by atoms with E-state index in [2.05, 4.69) is 9.99 Å². The van der Waals surface area contributed by atoms with Crippen LogP contribution in [0.3, 0.4) is 0 Å². The highest BCUT2D eigenvalue weighted by Crippen LogP contribution is 2.07. The van der Waals surface area contributed by atoms with Gasteiger partial charge in [0.25, 0.3) is 0 Å². The Morgan fingerprint density at radius 2 is 2.08 bits per heavy atom. The Morgan fingerprint density at radius 3 is 2.50 bits per heavy atom. The van der Waals surface area contributed by atoms with Gasteiger partial charge in [-0.2, -0.15) is 0 Å². The average Bonchev–Trinajstić information content (AvgIpc) is 2.06. The molecule has 0 saturated carbocycles. The fourth-order valence-electron chi connectivity index (χ4n) is 1.30. The number of hydrogen-bond donors (Lipinski definition) is 0. The van der Waals surface area contributed by atoms with Crippen LogP contribution in [-0.4, -0.2) is 36.7 Å². The fourth-order valence-corrected chi connectivity index (χ4v) is 1.30. The van der Waals surface area contributed by atoms with E-state index < -0.39 is 0 Å². The molecule has 0 atom stereocenters. The first-order valence-corrected chi connectivity index (χ1v) is 4.08. The third-order valence-corrected chi connectivity index (χ3v) is 2.01. The molecule has 0 aromatic carbocycles. The Bertz CT molecular complexity index is 191. The molecule has 0 aliphatic carbocycles. The van der Waals surface area contributed by atoms with Gasteiger partial charge in [0, 0.05) is 32.9 Å². The molecule has 12 heavy (non-hydrogen) atoms. The molecule has 68 valence electrons. The molecule has 0 spiro atoms. The number of hydrogen-bond acceptors (Lipinski definition) is 3. The van der Waals surface area contributed by atoms with Gasteiger partial charge in [0.15, 0.2) is 0 Å². The summed E-state index contributed by atoms with van der Waals surface area (Å²) in [5.74, 6) is 0.145. The van der Waals surface area contributed by atoms with Crippen molar-refractivity contribution in [2.45, 2.75) is 19.8 Å². The number of amides is 1. The summed E-state index contributed by atoms with van der Waals surface area (Å²) in [6.07, 6.45) is 1.68. The van der Waals surface area contributed by atoms with E-state index in [1.54, 1.807) is 14.0 Å². The summed E-state index contributed by atoms with van der Waals surface area (Å²) in [6.45, 7) is 3.15. The first-order valence-electron chi connectivity index (χ1n) is 4.08. The van der Waals surface area contributed by atoms with Crippen molar-refractivity contribution in [1.82, 2.24) is 4.90 Å². The zero-order valence-electron chi connectivity index (χ0n) is 7.54. The predicted octanol–water partition coefficient (Wildman–Crippen LogP) is 0.631. The quantitative estimate of drug-likeness (QED) is 0.542. The van der Waals surface area contributed by atoms with E-state index in [1.165, 1.54) is 0 Å². The van der Waals surface area contributed by atoms with Crippen molar-refractivity contribution in [1.29, 1.82) is 0 Å². The number of likely N-dealkylation sites (tertiary alicyclic amines) is 1. The van der Waals surface area contributed by atoms with Crippen molar-refractivity contribution in [2.75, 3.05) is 20.2 Å². The zero-order valence-corrected chi connectivity index (χ0v) is 7.54. The second-order valence-corrected chi connectivity index (χ2v) is 2.85. The minimum Gasteiger partial charge on any atom is -0.399 e. The van der Waals surface area contributed by atoms with Gasteiger partial charge in [0.05, 0.1) is 5.71 Å². The maximum Gasteiger partial charge on any atom is 0.219 e. The third kappa shape index (κ3) is 2.22. The Kier molecular flexibility index (Phi) is 3.08. The van der Waals surface area contributed by atoms with Crippen LogP contribution < -0.4 is 0 Å². The van der Waals surface area contributed by atoms with Gasteiger partial charge < -0.3 is 9.74 Å². The van der Waals surface area contributed by atoms with E-state index in [0.717, 1.165) is 31.6 Å². The van der Waals surface area contributed by atoms with Crippen LogP contribution in [0.1, 0.15) is 19.8 Å². The third-order valence-electron chi connectivity index (χ3n) is 2.01. The molecule has 1 saturated heterocycles. The molecule has 4 nitrogen and oxygen atoms in total. The van der Waals surface area contributed by atoms with Gasteiger partial charge in [-0.15, -0.1) is 0 Å². The molecule has 4 heteroatoms. The second kappa shape index (κ2) is 4.09. The predicted molar refractivity (Wildman–Crippen MR) is 45.9 cm³/mol. The Balaban J connectivity index is 2.39. The van der Waals surface area contributed by atoms with Crippen LogP contribution in [0, 0.1) is 0 Å². The van der Waals surface area contributed by atoms with Crippen molar-refractivity contribution in [3.8, 4) is 0 Å². The monoisotopic (exact) mass is 170 g/mol. The molecular formula is C8H14N2O2. The Hall–Kier alpha value is -1.06. The van der Waals surface area contributed by atoms with Crippen LogP contribution in [0.2, 0.25) is 0 Å². The summed E-state index contributed by atoms with van der Waals surface area (Å²) >= 11 is 0. The number of piperidine rings is 1. The van der Waals surface area contributed by atoms with E-state index in [4.69, 9.17) is 0 Å². The van der Waals surface area contributed by atoms with E-state index in [0.29, 0.717) is 0 Å². The lowest BCUT2D eigenvalue weighted by atomic mass is 10.1. The Labute approximate surface area is 72.2 Å². The lowest BCUT2D eigenvalue weighted by molar-refractivity contribution is -0.128. The lowest BCUT2D eigenvalue weighted by Gasteiger charge is -2.25. The minimum absolute atomic E-state index is 0.145. The first-order chi connectivity index (χ1) is 5.74. The smallest absolute Gasteiger partial charge is 0.219 e. The van der Waals surface area contributed by atoms with Crippen molar-refractivity contribution >= 4 is 11.6 Å². The van der Waals surface area contributed by atoms with Crippen LogP contribution in [0.4, 0.5) is 0 Å². The molecule has 1 aliphatic rings. The summed E-state index contributed by atoms with van der Waals surface area (Å²) in [5.41, 5.74) is 1.05. The molecule has 0 aromatic rings. The van der Waals surface area contributed by atoms with E-state index in [9.17, 15) is 4.79 Å². The first kappa shape index (κ1) is 9.03. The number of carbonyl (C=O) groups is 1. The number of rotatable bonds is 1. The molecule has 0 radical (unpaired) electrons. The van der Waals surface area contributed by atoms with Crippen molar-refractivity contribution in [2.24, 2.45) is 5.16 Å². The summed E-state index contributed by atoms with van der Waals surface area (Å²) in [4.78, 5) is 17.4. The SMILES string of the molecule is CON=C1CCN(C(C)=O)CC1. The van der Waals surface area contributed by atoms with Crippen LogP contribution >= 0.6 is 0 Å². The second-order valence-electron chi connectivity index (χ2n) is 2.85. The normalized spacial score (nSPS) is 17.5.